The molecule has 1 aromatic heterocycles. The van der Waals surface area contributed by atoms with Crippen molar-refractivity contribution in [2.75, 3.05) is 4.90 Å². The summed E-state index contributed by atoms with van der Waals surface area (Å²) < 4.78 is 2.59. The van der Waals surface area contributed by atoms with Crippen molar-refractivity contribution in [1.82, 2.24) is 0 Å². The van der Waals surface area contributed by atoms with Gasteiger partial charge >= 0.3 is 0 Å². The number of anilines is 3. The van der Waals surface area contributed by atoms with Crippen LogP contribution in [0, 0.1) is 0 Å². The third-order valence-corrected chi connectivity index (χ3v) is 12.9. The average Bonchev–Trinajstić information content (AvgIpc) is 3.81. The van der Waals surface area contributed by atoms with E-state index in [-0.39, 0.29) is 0 Å². The second-order valence-electron chi connectivity index (χ2n) is 14.9. The van der Waals surface area contributed by atoms with Gasteiger partial charge in [-0.3, -0.25) is 0 Å². The summed E-state index contributed by atoms with van der Waals surface area (Å²) in [6, 6.07) is 82.6. The van der Waals surface area contributed by atoms with Crippen molar-refractivity contribution in [3.8, 4) is 33.4 Å². The largest absolute Gasteiger partial charge is 0.310 e. The fourth-order valence-electron chi connectivity index (χ4n) is 9.21. The first-order chi connectivity index (χ1) is 28.3. The van der Waals surface area contributed by atoms with Gasteiger partial charge in [0.15, 0.2) is 0 Å². The zero-order valence-corrected chi connectivity index (χ0v) is 32.0. The van der Waals surface area contributed by atoms with Crippen LogP contribution in [-0.2, 0) is 5.41 Å². The Morgan fingerprint density at radius 1 is 0.316 bits per heavy atom. The lowest BCUT2D eigenvalue weighted by atomic mass is 9.67. The van der Waals surface area contributed by atoms with Gasteiger partial charge in [-0.2, -0.15) is 0 Å². The van der Waals surface area contributed by atoms with Crippen molar-refractivity contribution in [3.63, 3.8) is 0 Å². The summed E-state index contributed by atoms with van der Waals surface area (Å²) in [5.74, 6) is 0. The molecular formula is C55H37NS. The minimum absolute atomic E-state index is 0.495. The predicted octanol–water partition coefficient (Wildman–Crippen LogP) is 15.2. The summed E-state index contributed by atoms with van der Waals surface area (Å²) in [5, 5.41) is 2.60. The number of rotatable bonds is 7. The predicted molar refractivity (Wildman–Crippen MR) is 242 cm³/mol. The van der Waals surface area contributed by atoms with Gasteiger partial charge in [0.25, 0.3) is 0 Å². The van der Waals surface area contributed by atoms with Crippen molar-refractivity contribution in [1.29, 1.82) is 0 Å². The zero-order valence-electron chi connectivity index (χ0n) is 31.2. The lowest BCUT2D eigenvalue weighted by Crippen LogP contribution is -2.28. The maximum atomic E-state index is 2.47. The summed E-state index contributed by atoms with van der Waals surface area (Å²) in [6.07, 6.45) is 0. The minimum Gasteiger partial charge on any atom is -0.310 e. The summed E-state index contributed by atoms with van der Waals surface area (Å²) >= 11 is 1.86. The molecule has 57 heavy (non-hydrogen) atoms. The first-order valence-electron chi connectivity index (χ1n) is 19.6. The Morgan fingerprint density at radius 2 is 0.842 bits per heavy atom. The van der Waals surface area contributed by atoms with Crippen molar-refractivity contribution >= 4 is 48.6 Å². The summed E-state index contributed by atoms with van der Waals surface area (Å²) in [6.45, 7) is 0. The second-order valence-corrected chi connectivity index (χ2v) is 16.0. The third-order valence-electron chi connectivity index (χ3n) is 11.7. The van der Waals surface area contributed by atoms with Crippen LogP contribution in [0.2, 0.25) is 0 Å². The van der Waals surface area contributed by atoms with Crippen molar-refractivity contribution in [3.05, 3.63) is 247 Å². The highest BCUT2D eigenvalue weighted by Gasteiger charge is 2.46. The van der Waals surface area contributed by atoms with E-state index in [0.29, 0.717) is 0 Å². The van der Waals surface area contributed by atoms with Gasteiger partial charge in [-0.15, -0.1) is 11.3 Å². The smallest absolute Gasteiger partial charge is 0.0714 e. The van der Waals surface area contributed by atoms with E-state index in [4.69, 9.17) is 0 Å². The average molecular weight is 744 g/mol. The van der Waals surface area contributed by atoms with Crippen LogP contribution in [0.1, 0.15) is 22.3 Å². The molecule has 0 N–H and O–H groups in total. The lowest BCUT2D eigenvalue weighted by molar-refractivity contribution is 0.768. The van der Waals surface area contributed by atoms with Crippen molar-refractivity contribution in [2.24, 2.45) is 0 Å². The van der Waals surface area contributed by atoms with Gasteiger partial charge in [0, 0.05) is 37.2 Å². The Hall–Kier alpha value is -7.00. The molecular weight excluding hydrogens is 707 g/mol. The van der Waals surface area contributed by atoms with Crippen molar-refractivity contribution in [2.45, 2.75) is 5.41 Å². The molecule has 1 aliphatic carbocycles. The first kappa shape index (κ1) is 33.3. The zero-order chi connectivity index (χ0) is 37.8. The monoisotopic (exact) mass is 743 g/mol. The summed E-state index contributed by atoms with van der Waals surface area (Å²) in [5.41, 5.74) is 15.3. The molecule has 0 aliphatic heterocycles. The number of thiophene rings is 1. The molecule has 0 bridgehead atoms. The van der Waals surface area contributed by atoms with E-state index >= 15 is 0 Å². The molecule has 9 aromatic carbocycles. The molecule has 1 heterocycles. The molecule has 0 atom stereocenters. The lowest BCUT2D eigenvalue weighted by Gasteiger charge is -2.35. The van der Waals surface area contributed by atoms with E-state index in [1.54, 1.807) is 0 Å². The second kappa shape index (κ2) is 13.6. The third kappa shape index (κ3) is 5.44. The van der Waals surface area contributed by atoms with Crippen LogP contribution in [-0.4, -0.2) is 0 Å². The highest BCUT2D eigenvalue weighted by Crippen LogP contribution is 2.57. The number of benzene rings is 9. The fraction of sp³-hybridized carbons (Fsp3) is 0.0182. The fourth-order valence-corrected chi connectivity index (χ4v) is 10.3. The maximum absolute atomic E-state index is 2.47. The molecule has 2 heteroatoms. The van der Waals surface area contributed by atoms with Gasteiger partial charge in [0.2, 0.25) is 0 Å². The summed E-state index contributed by atoms with van der Waals surface area (Å²) in [7, 11) is 0. The standard InChI is InChI=1S/C55H37NS/c1-4-16-38(17-5-1)39-18-14-19-40(34-39)41-20-15-25-44(35-41)56(46-31-33-50-49-27-11-13-29-53(49)57-54(50)37-46)45-30-32-48-47-26-10-12-28-51(47)55(52(48)36-45,42-21-6-2-7-22-42)43-23-8-3-9-24-43/h1-37H. The Balaban J connectivity index is 1.14. The summed E-state index contributed by atoms with van der Waals surface area (Å²) in [4.78, 5) is 2.46. The van der Waals surface area contributed by atoms with E-state index in [1.165, 1.54) is 75.8 Å². The molecule has 1 nitrogen and oxygen atoms in total. The van der Waals surface area contributed by atoms with E-state index < -0.39 is 5.41 Å². The molecule has 10 aromatic rings. The van der Waals surface area contributed by atoms with Crippen LogP contribution in [0.4, 0.5) is 17.1 Å². The van der Waals surface area contributed by atoms with E-state index in [9.17, 15) is 0 Å². The van der Waals surface area contributed by atoms with Gasteiger partial charge in [0.05, 0.1) is 5.41 Å². The molecule has 1 aliphatic rings. The van der Waals surface area contributed by atoms with Gasteiger partial charge in [0.1, 0.15) is 0 Å². The van der Waals surface area contributed by atoms with Gasteiger partial charge in [-0.1, -0.05) is 176 Å². The van der Waals surface area contributed by atoms with E-state index in [1.807, 2.05) is 11.3 Å². The van der Waals surface area contributed by atoms with Crippen LogP contribution in [0.15, 0.2) is 224 Å². The van der Waals surface area contributed by atoms with Crippen LogP contribution >= 0.6 is 11.3 Å². The molecule has 0 amide bonds. The Kier molecular flexibility index (Phi) is 7.98. The molecule has 0 spiro atoms. The van der Waals surface area contributed by atoms with Gasteiger partial charge in [-0.05, 0) is 104 Å². The Labute approximate surface area is 337 Å². The van der Waals surface area contributed by atoms with E-state index in [2.05, 4.69) is 229 Å². The normalized spacial score (nSPS) is 12.7. The Bertz CT molecular complexity index is 3030. The quantitative estimate of drug-likeness (QED) is 0.157. The van der Waals surface area contributed by atoms with Gasteiger partial charge in [-0.25, -0.2) is 0 Å². The highest BCUT2D eigenvalue weighted by molar-refractivity contribution is 7.25. The number of fused-ring (bicyclic) bond motifs is 6. The van der Waals surface area contributed by atoms with Crippen LogP contribution in [0.25, 0.3) is 53.6 Å². The Morgan fingerprint density at radius 3 is 1.61 bits per heavy atom. The first-order valence-corrected chi connectivity index (χ1v) is 20.4. The van der Waals surface area contributed by atoms with Crippen LogP contribution in [0.5, 0.6) is 0 Å². The maximum Gasteiger partial charge on any atom is 0.0714 e. The van der Waals surface area contributed by atoms with Gasteiger partial charge < -0.3 is 4.90 Å². The molecule has 268 valence electrons. The molecule has 0 saturated heterocycles. The molecule has 0 saturated carbocycles. The number of nitrogens with zero attached hydrogens (tertiary/aromatic N) is 1. The van der Waals surface area contributed by atoms with Crippen LogP contribution in [0.3, 0.4) is 0 Å². The van der Waals surface area contributed by atoms with Crippen LogP contribution < -0.4 is 4.90 Å². The van der Waals surface area contributed by atoms with Crippen molar-refractivity contribution < 1.29 is 0 Å². The molecule has 0 fully saturated rings. The molecule has 0 radical (unpaired) electrons. The highest BCUT2D eigenvalue weighted by atomic mass is 32.1. The SMILES string of the molecule is c1ccc(-c2cccc(-c3cccc(N(c4ccc5c(c4)C(c4ccccc4)(c4ccccc4)c4ccccc4-5)c4ccc5c(c4)sc4ccccc45)c3)c2)cc1. The topological polar surface area (TPSA) is 3.24 Å². The molecule has 0 unspecified atom stereocenters. The number of hydrogen-bond acceptors (Lipinski definition) is 2. The minimum atomic E-state index is -0.495. The number of hydrogen-bond donors (Lipinski definition) is 0. The van der Waals surface area contributed by atoms with E-state index in [0.717, 1.165) is 17.1 Å². The molecule has 11 rings (SSSR count).